The molecule has 2 rings (SSSR count). The average Bonchev–Trinajstić information content (AvgIpc) is 3.18. The van der Waals surface area contributed by atoms with Gasteiger partial charge in [0.1, 0.15) is 0 Å². The maximum atomic E-state index is 13.1. The number of hydrogen-bond acceptors (Lipinski definition) is 3. The van der Waals surface area contributed by atoms with Gasteiger partial charge in [0.15, 0.2) is 0 Å². The van der Waals surface area contributed by atoms with Crippen molar-refractivity contribution in [1.29, 1.82) is 0 Å². The minimum Gasteiger partial charge on any atom is -0.395 e. The van der Waals surface area contributed by atoms with E-state index in [9.17, 15) is 13.2 Å². The molecule has 1 fully saturated rings. The Morgan fingerprint density at radius 2 is 1.89 bits per heavy atom. The summed E-state index contributed by atoms with van der Waals surface area (Å²) in [6.07, 6.45) is -2.78. The van der Waals surface area contributed by atoms with Crippen molar-refractivity contribution in [3.63, 3.8) is 0 Å². The zero-order chi connectivity index (χ0) is 14.0. The number of alkyl halides is 3. The molecule has 0 saturated heterocycles. The van der Waals surface area contributed by atoms with E-state index in [0.29, 0.717) is 0 Å². The van der Waals surface area contributed by atoms with Crippen molar-refractivity contribution in [2.45, 2.75) is 31.7 Å². The van der Waals surface area contributed by atoms with Crippen LogP contribution in [0.3, 0.4) is 0 Å². The molecule has 19 heavy (non-hydrogen) atoms. The molecule has 1 aromatic carbocycles. The van der Waals surface area contributed by atoms with E-state index in [1.807, 2.05) is 0 Å². The van der Waals surface area contributed by atoms with Gasteiger partial charge < -0.3 is 15.1 Å². The van der Waals surface area contributed by atoms with Crippen LogP contribution in [0.4, 0.5) is 18.9 Å². The molecule has 3 nitrogen and oxygen atoms in total. The number of anilines is 1. The molecule has 0 heterocycles. The predicted octanol–water partition coefficient (Wildman–Crippen LogP) is 2.16. The molecule has 0 unspecified atom stereocenters. The zero-order valence-electron chi connectivity index (χ0n) is 10.3. The lowest BCUT2D eigenvalue weighted by molar-refractivity contribution is -0.137. The summed E-state index contributed by atoms with van der Waals surface area (Å²) in [7, 11) is 0. The molecular weight excluding hydrogens is 259 g/mol. The first kappa shape index (κ1) is 14.1. The minimum atomic E-state index is -4.47. The fourth-order valence-electron chi connectivity index (χ4n) is 2.15. The Balaban J connectivity index is 2.42. The van der Waals surface area contributed by atoms with Crippen molar-refractivity contribution in [1.82, 2.24) is 0 Å². The van der Waals surface area contributed by atoms with Crippen LogP contribution in [0.1, 0.15) is 24.0 Å². The van der Waals surface area contributed by atoms with E-state index in [2.05, 4.69) is 0 Å². The molecule has 106 valence electrons. The smallest absolute Gasteiger partial charge is 0.395 e. The van der Waals surface area contributed by atoms with Gasteiger partial charge in [-0.3, -0.25) is 0 Å². The number of halogens is 3. The Labute approximate surface area is 109 Å². The first-order chi connectivity index (χ1) is 8.97. The fraction of sp³-hybridized carbons (Fsp3) is 0.538. The van der Waals surface area contributed by atoms with Gasteiger partial charge in [-0.25, -0.2) is 0 Å². The molecule has 0 spiro atoms. The highest BCUT2D eigenvalue weighted by Gasteiger charge is 2.38. The summed E-state index contributed by atoms with van der Waals surface area (Å²) in [6, 6.07) is 3.91. The third kappa shape index (κ3) is 3.19. The fourth-order valence-corrected chi connectivity index (χ4v) is 2.15. The van der Waals surface area contributed by atoms with Gasteiger partial charge in [-0.15, -0.1) is 0 Å². The van der Waals surface area contributed by atoms with E-state index in [0.717, 1.165) is 18.9 Å². The molecule has 2 N–H and O–H groups in total. The van der Waals surface area contributed by atoms with Crippen molar-refractivity contribution < 1.29 is 23.4 Å². The van der Waals surface area contributed by atoms with Gasteiger partial charge in [0, 0.05) is 18.3 Å². The van der Waals surface area contributed by atoms with Crippen molar-refractivity contribution in [2.24, 2.45) is 0 Å². The third-order valence-electron chi connectivity index (χ3n) is 3.19. The summed E-state index contributed by atoms with van der Waals surface area (Å²) in [4.78, 5) is 1.60. The first-order valence-corrected chi connectivity index (χ1v) is 6.16. The highest BCUT2D eigenvalue weighted by Crippen LogP contribution is 2.41. The topological polar surface area (TPSA) is 43.7 Å². The van der Waals surface area contributed by atoms with Crippen LogP contribution in [-0.4, -0.2) is 29.4 Å². The number of aliphatic hydroxyl groups is 2. The highest BCUT2D eigenvalue weighted by molar-refractivity contribution is 5.58. The van der Waals surface area contributed by atoms with Crippen LogP contribution in [0.5, 0.6) is 0 Å². The normalized spacial score (nSPS) is 15.6. The molecule has 1 aromatic rings. The molecule has 6 heteroatoms. The van der Waals surface area contributed by atoms with Crippen molar-refractivity contribution in [3.05, 3.63) is 29.3 Å². The highest BCUT2D eigenvalue weighted by atomic mass is 19.4. The van der Waals surface area contributed by atoms with E-state index in [4.69, 9.17) is 10.2 Å². The number of rotatable bonds is 5. The van der Waals surface area contributed by atoms with Gasteiger partial charge in [0.05, 0.1) is 18.8 Å². The molecule has 0 amide bonds. The maximum absolute atomic E-state index is 13.1. The van der Waals surface area contributed by atoms with E-state index >= 15 is 0 Å². The quantitative estimate of drug-likeness (QED) is 0.865. The summed E-state index contributed by atoms with van der Waals surface area (Å²) in [5.41, 5.74) is -0.434. The Morgan fingerprint density at radius 1 is 1.21 bits per heavy atom. The van der Waals surface area contributed by atoms with Gasteiger partial charge >= 0.3 is 6.18 Å². The van der Waals surface area contributed by atoms with Crippen LogP contribution < -0.4 is 4.90 Å². The van der Waals surface area contributed by atoms with Crippen LogP contribution in [0.25, 0.3) is 0 Å². The number of aliphatic hydroxyl groups excluding tert-OH is 2. The molecule has 0 aromatic heterocycles. The molecule has 0 radical (unpaired) electrons. The average molecular weight is 275 g/mol. The second-order valence-corrected chi connectivity index (χ2v) is 4.66. The summed E-state index contributed by atoms with van der Waals surface area (Å²) in [6.45, 7) is -0.422. The molecule has 1 aliphatic rings. The van der Waals surface area contributed by atoms with Crippen molar-refractivity contribution >= 4 is 5.69 Å². The molecule has 0 bridgehead atoms. The summed E-state index contributed by atoms with van der Waals surface area (Å²) >= 11 is 0. The van der Waals surface area contributed by atoms with Crippen molar-refractivity contribution in [2.75, 3.05) is 18.1 Å². The van der Waals surface area contributed by atoms with Gasteiger partial charge in [-0.2, -0.15) is 13.2 Å². The Bertz CT molecular complexity index is 444. The van der Waals surface area contributed by atoms with Gasteiger partial charge in [-0.1, -0.05) is 6.07 Å². The van der Waals surface area contributed by atoms with Gasteiger partial charge in [0.2, 0.25) is 0 Å². The molecule has 0 atom stereocenters. The number of hydrogen-bond donors (Lipinski definition) is 2. The van der Waals surface area contributed by atoms with Crippen molar-refractivity contribution in [3.8, 4) is 0 Å². The Morgan fingerprint density at radius 3 is 2.37 bits per heavy atom. The summed E-state index contributed by atoms with van der Waals surface area (Å²) in [5, 5.41) is 18.0. The SMILES string of the molecule is OCCN(c1ccc(CO)cc1C(F)(F)F)C1CC1. The summed E-state index contributed by atoms with van der Waals surface area (Å²) < 4.78 is 39.2. The van der Waals surface area contributed by atoms with E-state index in [1.54, 1.807) is 4.90 Å². The zero-order valence-corrected chi connectivity index (χ0v) is 10.3. The molecule has 0 aliphatic heterocycles. The lowest BCUT2D eigenvalue weighted by Gasteiger charge is -2.27. The van der Waals surface area contributed by atoms with Crippen LogP contribution in [-0.2, 0) is 12.8 Å². The standard InChI is InChI=1S/C13H16F3NO2/c14-13(15,16)11-7-9(8-19)1-4-12(11)17(5-6-18)10-2-3-10/h1,4,7,10,18-19H,2-3,5-6,8H2. The second kappa shape index (κ2) is 5.38. The van der Waals surface area contributed by atoms with Crippen LogP contribution in [0, 0.1) is 0 Å². The largest absolute Gasteiger partial charge is 0.418 e. The van der Waals surface area contributed by atoms with Crippen LogP contribution >= 0.6 is 0 Å². The Hall–Kier alpha value is -1.27. The number of benzene rings is 1. The Kier molecular flexibility index (Phi) is 4.01. The predicted molar refractivity (Wildman–Crippen MR) is 64.8 cm³/mol. The second-order valence-electron chi connectivity index (χ2n) is 4.66. The van der Waals surface area contributed by atoms with E-state index < -0.39 is 18.3 Å². The monoisotopic (exact) mass is 275 g/mol. The molecule has 1 aliphatic carbocycles. The van der Waals surface area contributed by atoms with E-state index in [1.165, 1.54) is 12.1 Å². The van der Waals surface area contributed by atoms with Gasteiger partial charge in [0.25, 0.3) is 0 Å². The number of nitrogens with zero attached hydrogens (tertiary/aromatic N) is 1. The van der Waals surface area contributed by atoms with E-state index in [-0.39, 0.29) is 30.4 Å². The minimum absolute atomic E-state index is 0.0771. The molecule has 1 saturated carbocycles. The lowest BCUT2D eigenvalue weighted by atomic mass is 10.1. The van der Waals surface area contributed by atoms with Crippen LogP contribution in [0.2, 0.25) is 0 Å². The van der Waals surface area contributed by atoms with Gasteiger partial charge in [-0.05, 0) is 30.5 Å². The summed E-state index contributed by atoms with van der Waals surface area (Å²) in [5.74, 6) is 0. The molecular formula is C13H16F3NO2. The third-order valence-corrected chi connectivity index (χ3v) is 3.19. The van der Waals surface area contributed by atoms with Crippen LogP contribution in [0.15, 0.2) is 18.2 Å². The maximum Gasteiger partial charge on any atom is 0.418 e. The first-order valence-electron chi connectivity index (χ1n) is 6.16. The lowest BCUT2D eigenvalue weighted by Crippen LogP contribution is -2.31.